The molecule has 0 aliphatic carbocycles. The van der Waals surface area contributed by atoms with E-state index in [0.717, 1.165) is 27.0 Å². The molecule has 6 heteroatoms. The van der Waals surface area contributed by atoms with Gasteiger partial charge in [0.25, 0.3) is 0 Å². The SMILES string of the molecule is CNc1cc(Nc2cccc(Br)c2)nc(SC)n1. The smallest absolute Gasteiger partial charge is 0.191 e. The average Bonchev–Trinajstić information content (AvgIpc) is 2.38. The monoisotopic (exact) mass is 324 g/mol. The summed E-state index contributed by atoms with van der Waals surface area (Å²) in [6.07, 6.45) is 1.96. The van der Waals surface area contributed by atoms with Crippen molar-refractivity contribution in [3.63, 3.8) is 0 Å². The average molecular weight is 325 g/mol. The van der Waals surface area contributed by atoms with Gasteiger partial charge in [0.2, 0.25) is 0 Å². The van der Waals surface area contributed by atoms with Crippen molar-refractivity contribution in [3.8, 4) is 0 Å². The zero-order chi connectivity index (χ0) is 13.0. The van der Waals surface area contributed by atoms with E-state index in [9.17, 15) is 0 Å². The molecule has 2 N–H and O–H groups in total. The highest BCUT2D eigenvalue weighted by Crippen LogP contribution is 2.22. The summed E-state index contributed by atoms with van der Waals surface area (Å²) in [6, 6.07) is 9.82. The first-order valence-electron chi connectivity index (χ1n) is 5.34. The molecule has 0 fully saturated rings. The molecule has 1 heterocycles. The first kappa shape index (κ1) is 13.2. The van der Waals surface area contributed by atoms with E-state index < -0.39 is 0 Å². The van der Waals surface area contributed by atoms with Crippen molar-refractivity contribution < 1.29 is 0 Å². The highest BCUT2D eigenvalue weighted by molar-refractivity contribution is 9.10. The molecule has 0 aliphatic heterocycles. The molecule has 4 nitrogen and oxygen atoms in total. The normalized spacial score (nSPS) is 10.2. The maximum atomic E-state index is 4.41. The molecular weight excluding hydrogens is 312 g/mol. The Morgan fingerprint density at radius 2 is 1.94 bits per heavy atom. The third kappa shape index (κ3) is 3.36. The van der Waals surface area contributed by atoms with Crippen molar-refractivity contribution in [1.29, 1.82) is 0 Å². The van der Waals surface area contributed by atoms with Crippen LogP contribution in [0.1, 0.15) is 0 Å². The molecule has 0 bridgehead atoms. The number of nitrogens with one attached hydrogen (secondary N) is 2. The minimum Gasteiger partial charge on any atom is -0.373 e. The van der Waals surface area contributed by atoms with Crippen molar-refractivity contribution in [3.05, 3.63) is 34.8 Å². The molecule has 0 unspecified atom stereocenters. The summed E-state index contributed by atoms with van der Waals surface area (Å²) >= 11 is 4.96. The van der Waals surface area contributed by atoms with Crippen molar-refractivity contribution in [2.24, 2.45) is 0 Å². The van der Waals surface area contributed by atoms with Gasteiger partial charge in [0.1, 0.15) is 11.6 Å². The molecular formula is C12H13BrN4S. The van der Waals surface area contributed by atoms with Gasteiger partial charge in [-0.2, -0.15) is 0 Å². The second-order valence-electron chi connectivity index (χ2n) is 3.51. The third-order valence-corrected chi connectivity index (χ3v) is 3.28. The van der Waals surface area contributed by atoms with Gasteiger partial charge in [-0.1, -0.05) is 33.8 Å². The Kier molecular flexibility index (Phi) is 4.43. The van der Waals surface area contributed by atoms with Crippen LogP contribution in [0.2, 0.25) is 0 Å². The zero-order valence-corrected chi connectivity index (χ0v) is 12.5. The summed E-state index contributed by atoms with van der Waals surface area (Å²) in [7, 11) is 1.84. The van der Waals surface area contributed by atoms with Crippen LogP contribution in [0.5, 0.6) is 0 Å². The summed E-state index contributed by atoms with van der Waals surface area (Å²) in [4.78, 5) is 8.73. The van der Waals surface area contributed by atoms with Gasteiger partial charge < -0.3 is 10.6 Å². The molecule has 2 aromatic rings. The molecule has 94 valence electrons. The van der Waals surface area contributed by atoms with E-state index in [0.29, 0.717) is 0 Å². The molecule has 1 aromatic carbocycles. The quantitative estimate of drug-likeness (QED) is 0.662. The lowest BCUT2D eigenvalue weighted by Gasteiger charge is -2.09. The number of rotatable bonds is 4. The van der Waals surface area contributed by atoms with Gasteiger partial charge in [-0.25, -0.2) is 9.97 Å². The maximum Gasteiger partial charge on any atom is 0.191 e. The summed E-state index contributed by atoms with van der Waals surface area (Å²) < 4.78 is 1.03. The molecule has 0 radical (unpaired) electrons. The first-order chi connectivity index (χ1) is 8.71. The number of halogens is 1. The fraction of sp³-hybridized carbons (Fsp3) is 0.167. The Morgan fingerprint density at radius 1 is 1.17 bits per heavy atom. The second-order valence-corrected chi connectivity index (χ2v) is 5.20. The van der Waals surface area contributed by atoms with Gasteiger partial charge in [0.15, 0.2) is 5.16 Å². The van der Waals surface area contributed by atoms with Crippen molar-refractivity contribution in [2.45, 2.75) is 5.16 Å². The molecule has 0 spiro atoms. The topological polar surface area (TPSA) is 49.8 Å². The number of hydrogen-bond donors (Lipinski definition) is 2. The predicted molar refractivity (Wildman–Crippen MR) is 80.8 cm³/mol. The van der Waals surface area contributed by atoms with Gasteiger partial charge in [-0.05, 0) is 24.5 Å². The maximum absolute atomic E-state index is 4.41. The molecule has 0 aliphatic rings. The van der Waals surface area contributed by atoms with Crippen LogP contribution in [-0.4, -0.2) is 23.3 Å². The van der Waals surface area contributed by atoms with Gasteiger partial charge >= 0.3 is 0 Å². The highest BCUT2D eigenvalue weighted by atomic mass is 79.9. The van der Waals surface area contributed by atoms with Crippen molar-refractivity contribution in [2.75, 3.05) is 23.9 Å². The molecule has 0 amide bonds. The number of anilines is 3. The molecule has 0 atom stereocenters. The lowest BCUT2D eigenvalue weighted by Crippen LogP contribution is -2.00. The van der Waals surface area contributed by atoms with E-state index in [4.69, 9.17) is 0 Å². The fourth-order valence-electron chi connectivity index (χ4n) is 1.42. The van der Waals surface area contributed by atoms with E-state index >= 15 is 0 Å². The van der Waals surface area contributed by atoms with Crippen LogP contribution in [-0.2, 0) is 0 Å². The minimum atomic E-state index is 0.736. The second kappa shape index (κ2) is 6.06. The number of hydrogen-bond acceptors (Lipinski definition) is 5. The molecule has 1 aromatic heterocycles. The van der Waals surface area contributed by atoms with Gasteiger partial charge in [-0.3, -0.25) is 0 Å². The number of nitrogens with zero attached hydrogens (tertiary/aromatic N) is 2. The van der Waals surface area contributed by atoms with Crippen LogP contribution in [0.25, 0.3) is 0 Å². The summed E-state index contributed by atoms with van der Waals surface area (Å²) in [5.74, 6) is 1.57. The Morgan fingerprint density at radius 3 is 2.61 bits per heavy atom. The van der Waals surface area contributed by atoms with Gasteiger partial charge in [0, 0.05) is 23.3 Å². The highest BCUT2D eigenvalue weighted by Gasteiger charge is 2.03. The molecule has 0 saturated carbocycles. The summed E-state index contributed by atoms with van der Waals surface area (Å²) in [6.45, 7) is 0. The van der Waals surface area contributed by atoms with Gasteiger partial charge in [0.05, 0.1) is 0 Å². The standard InChI is InChI=1S/C12H13BrN4S/c1-14-10-7-11(17-12(16-10)18-2)15-9-5-3-4-8(13)6-9/h3-7H,1-2H3,(H2,14,15,16,17). The minimum absolute atomic E-state index is 0.736. The lowest BCUT2D eigenvalue weighted by molar-refractivity contribution is 0.977. The number of benzene rings is 1. The van der Waals surface area contributed by atoms with Crippen LogP contribution >= 0.6 is 27.7 Å². The lowest BCUT2D eigenvalue weighted by atomic mass is 10.3. The largest absolute Gasteiger partial charge is 0.373 e. The summed E-state index contributed by atoms with van der Waals surface area (Å²) in [5, 5.41) is 7.02. The number of aromatic nitrogens is 2. The Bertz CT molecular complexity index is 525. The van der Waals surface area contributed by atoms with E-state index in [-0.39, 0.29) is 0 Å². The zero-order valence-electron chi connectivity index (χ0n) is 10.1. The van der Waals surface area contributed by atoms with Crippen molar-refractivity contribution >= 4 is 45.0 Å². The third-order valence-electron chi connectivity index (χ3n) is 2.24. The summed E-state index contributed by atoms with van der Waals surface area (Å²) in [5.41, 5.74) is 0.984. The Labute approximate surface area is 119 Å². The van der Waals surface area contributed by atoms with E-state index in [1.807, 2.05) is 43.6 Å². The molecule has 2 rings (SSSR count). The number of thioether (sulfide) groups is 1. The first-order valence-corrected chi connectivity index (χ1v) is 7.36. The van der Waals surface area contributed by atoms with E-state index in [1.54, 1.807) is 0 Å². The van der Waals surface area contributed by atoms with E-state index in [1.165, 1.54) is 11.8 Å². The molecule has 18 heavy (non-hydrogen) atoms. The molecule has 0 saturated heterocycles. The van der Waals surface area contributed by atoms with Crippen LogP contribution in [0.15, 0.2) is 40.0 Å². The van der Waals surface area contributed by atoms with Crippen LogP contribution in [0.3, 0.4) is 0 Å². The van der Waals surface area contributed by atoms with Gasteiger partial charge in [-0.15, -0.1) is 0 Å². The fourth-order valence-corrected chi connectivity index (χ4v) is 2.20. The van der Waals surface area contributed by atoms with Crippen molar-refractivity contribution in [1.82, 2.24) is 9.97 Å². The predicted octanol–water partition coefficient (Wildman–Crippen LogP) is 3.75. The Balaban J connectivity index is 2.28. The van der Waals surface area contributed by atoms with Crippen LogP contribution < -0.4 is 10.6 Å². The van der Waals surface area contributed by atoms with Crippen LogP contribution in [0, 0.1) is 0 Å². The Hall–Kier alpha value is -1.27. The van der Waals surface area contributed by atoms with E-state index in [2.05, 4.69) is 36.5 Å². The van der Waals surface area contributed by atoms with Crippen LogP contribution in [0.4, 0.5) is 17.3 Å².